The Balaban J connectivity index is 1.62. The van der Waals surface area contributed by atoms with Crippen LogP contribution in [0.1, 0.15) is 13.3 Å². The van der Waals surface area contributed by atoms with Crippen LogP contribution in [0, 0.1) is 0 Å². The maximum Gasteiger partial charge on any atom is 0.265 e. The molecule has 0 bridgehead atoms. The SMILES string of the molecule is CC1Oc2ccc(NC(=O)CC3CSCCN3)cc2NC1=O. The molecule has 118 valence electrons. The number of benzene rings is 1. The molecule has 0 radical (unpaired) electrons. The number of thioether (sulfide) groups is 1. The third kappa shape index (κ3) is 3.53. The lowest BCUT2D eigenvalue weighted by Crippen LogP contribution is -2.39. The molecule has 7 heteroatoms. The van der Waals surface area contributed by atoms with Crippen molar-refractivity contribution >= 4 is 35.0 Å². The van der Waals surface area contributed by atoms with Crippen molar-refractivity contribution in [1.29, 1.82) is 0 Å². The highest BCUT2D eigenvalue weighted by Gasteiger charge is 2.24. The fraction of sp³-hybridized carbons (Fsp3) is 0.467. The largest absolute Gasteiger partial charge is 0.479 e. The quantitative estimate of drug-likeness (QED) is 0.785. The van der Waals surface area contributed by atoms with Gasteiger partial charge in [-0.1, -0.05) is 0 Å². The molecule has 2 aliphatic rings. The Morgan fingerprint density at radius 2 is 2.36 bits per heavy atom. The van der Waals surface area contributed by atoms with Crippen molar-refractivity contribution in [3.05, 3.63) is 18.2 Å². The summed E-state index contributed by atoms with van der Waals surface area (Å²) in [5, 5.41) is 8.98. The summed E-state index contributed by atoms with van der Waals surface area (Å²) in [6.45, 7) is 2.64. The van der Waals surface area contributed by atoms with E-state index in [2.05, 4.69) is 16.0 Å². The van der Waals surface area contributed by atoms with Gasteiger partial charge in [0.15, 0.2) is 6.10 Å². The van der Waals surface area contributed by atoms with Gasteiger partial charge in [0.2, 0.25) is 5.91 Å². The molecule has 1 saturated heterocycles. The Morgan fingerprint density at radius 3 is 3.14 bits per heavy atom. The van der Waals surface area contributed by atoms with Crippen molar-refractivity contribution in [3.8, 4) is 5.75 Å². The molecule has 0 spiro atoms. The standard InChI is InChI=1S/C15H19N3O3S/c1-9-15(20)18-12-6-10(2-3-13(12)21-9)17-14(19)7-11-8-22-5-4-16-11/h2-3,6,9,11,16H,4-5,7-8H2,1H3,(H,17,19)(H,18,20). The van der Waals surface area contributed by atoms with E-state index in [9.17, 15) is 9.59 Å². The Morgan fingerprint density at radius 1 is 1.50 bits per heavy atom. The van der Waals surface area contributed by atoms with Gasteiger partial charge < -0.3 is 20.7 Å². The zero-order chi connectivity index (χ0) is 15.5. The molecular formula is C15H19N3O3S. The monoisotopic (exact) mass is 321 g/mol. The number of carbonyl (C=O) groups excluding carboxylic acids is 2. The first kappa shape index (κ1) is 15.2. The maximum atomic E-state index is 12.1. The van der Waals surface area contributed by atoms with E-state index in [-0.39, 0.29) is 17.9 Å². The van der Waals surface area contributed by atoms with Gasteiger partial charge in [-0.25, -0.2) is 0 Å². The van der Waals surface area contributed by atoms with E-state index in [4.69, 9.17) is 4.74 Å². The zero-order valence-corrected chi connectivity index (χ0v) is 13.2. The lowest BCUT2D eigenvalue weighted by molar-refractivity contribution is -0.122. The number of ether oxygens (including phenoxy) is 1. The highest BCUT2D eigenvalue weighted by Crippen LogP contribution is 2.32. The minimum atomic E-state index is -0.497. The summed E-state index contributed by atoms with van der Waals surface area (Å²) in [6, 6.07) is 5.49. The van der Waals surface area contributed by atoms with Gasteiger partial charge in [-0.2, -0.15) is 11.8 Å². The summed E-state index contributed by atoms with van der Waals surface area (Å²) >= 11 is 1.86. The number of rotatable bonds is 3. The van der Waals surface area contributed by atoms with E-state index in [0.717, 1.165) is 18.1 Å². The number of hydrogen-bond acceptors (Lipinski definition) is 5. The second-order valence-corrected chi connectivity index (χ2v) is 6.59. The van der Waals surface area contributed by atoms with Crippen LogP contribution < -0.4 is 20.7 Å². The topological polar surface area (TPSA) is 79.5 Å². The molecule has 22 heavy (non-hydrogen) atoms. The fourth-order valence-electron chi connectivity index (χ4n) is 2.47. The number of amides is 2. The molecular weight excluding hydrogens is 302 g/mol. The van der Waals surface area contributed by atoms with Crippen molar-refractivity contribution in [2.75, 3.05) is 28.7 Å². The molecule has 2 heterocycles. The molecule has 1 fully saturated rings. The zero-order valence-electron chi connectivity index (χ0n) is 12.3. The number of hydrogen-bond donors (Lipinski definition) is 3. The van der Waals surface area contributed by atoms with Gasteiger partial charge in [0.25, 0.3) is 5.91 Å². The Bertz CT molecular complexity index is 587. The van der Waals surface area contributed by atoms with Crippen LogP contribution >= 0.6 is 11.8 Å². The number of fused-ring (bicyclic) bond motifs is 1. The average Bonchev–Trinajstić information content (AvgIpc) is 2.49. The molecule has 1 aromatic carbocycles. The van der Waals surface area contributed by atoms with Gasteiger partial charge in [0.1, 0.15) is 5.75 Å². The molecule has 2 aliphatic heterocycles. The van der Waals surface area contributed by atoms with Crippen LogP contribution in [-0.4, -0.2) is 42.0 Å². The van der Waals surface area contributed by atoms with E-state index in [1.165, 1.54) is 0 Å². The van der Waals surface area contributed by atoms with Gasteiger partial charge >= 0.3 is 0 Å². The lowest BCUT2D eigenvalue weighted by Gasteiger charge is -2.24. The van der Waals surface area contributed by atoms with E-state index < -0.39 is 6.10 Å². The predicted molar refractivity (Wildman–Crippen MR) is 87.5 cm³/mol. The van der Waals surface area contributed by atoms with Gasteiger partial charge in [-0.05, 0) is 25.1 Å². The Kier molecular flexibility index (Phi) is 4.54. The van der Waals surface area contributed by atoms with Gasteiger partial charge in [-0.15, -0.1) is 0 Å². The molecule has 1 aromatic rings. The number of carbonyl (C=O) groups is 2. The lowest BCUT2D eigenvalue weighted by atomic mass is 10.2. The number of anilines is 2. The second kappa shape index (κ2) is 6.58. The molecule has 2 atom stereocenters. The summed E-state index contributed by atoms with van der Waals surface area (Å²) in [5.41, 5.74) is 1.25. The summed E-state index contributed by atoms with van der Waals surface area (Å²) in [7, 11) is 0. The van der Waals surface area contributed by atoms with Crippen molar-refractivity contribution in [2.24, 2.45) is 0 Å². The van der Waals surface area contributed by atoms with E-state index in [1.807, 2.05) is 11.8 Å². The Labute approximate surface area is 133 Å². The van der Waals surface area contributed by atoms with Crippen LogP contribution in [0.5, 0.6) is 5.75 Å². The third-order valence-corrected chi connectivity index (χ3v) is 4.76. The van der Waals surface area contributed by atoms with Gasteiger partial charge in [-0.3, -0.25) is 9.59 Å². The first-order valence-corrected chi connectivity index (χ1v) is 8.50. The van der Waals surface area contributed by atoms with E-state index >= 15 is 0 Å². The first-order valence-electron chi connectivity index (χ1n) is 7.34. The number of nitrogens with one attached hydrogen (secondary N) is 3. The van der Waals surface area contributed by atoms with Crippen LogP contribution in [0.15, 0.2) is 18.2 Å². The highest BCUT2D eigenvalue weighted by molar-refractivity contribution is 7.99. The van der Waals surface area contributed by atoms with Gasteiger partial charge in [0.05, 0.1) is 5.69 Å². The van der Waals surface area contributed by atoms with Crippen LogP contribution in [0.4, 0.5) is 11.4 Å². The normalized spacial score (nSPS) is 24.0. The Hall–Kier alpha value is -1.73. The van der Waals surface area contributed by atoms with Crippen LogP contribution in [0.3, 0.4) is 0 Å². The minimum Gasteiger partial charge on any atom is -0.479 e. The summed E-state index contributed by atoms with van der Waals surface area (Å²) in [5.74, 6) is 2.46. The molecule has 0 aliphatic carbocycles. The molecule has 2 amide bonds. The predicted octanol–water partition coefficient (Wildman–Crippen LogP) is 1.44. The van der Waals surface area contributed by atoms with Crippen molar-refractivity contribution < 1.29 is 14.3 Å². The van der Waals surface area contributed by atoms with Crippen molar-refractivity contribution in [3.63, 3.8) is 0 Å². The minimum absolute atomic E-state index is 0.0311. The highest BCUT2D eigenvalue weighted by atomic mass is 32.2. The molecule has 3 rings (SSSR count). The van der Waals surface area contributed by atoms with Crippen LogP contribution in [0.25, 0.3) is 0 Å². The smallest absolute Gasteiger partial charge is 0.265 e. The summed E-state index contributed by atoms with van der Waals surface area (Å²) in [4.78, 5) is 23.7. The third-order valence-electron chi connectivity index (χ3n) is 3.62. The van der Waals surface area contributed by atoms with Gasteiger partial charge in [0, 0.05) is 36.2 Å². The fourth-order valence-corrected chi connectivity index (χ4v) is 3.42. The maximum absolute atomic E-state index is 12.1. The van der Waals surface area contributed by atoms with Crippen molar-refractivity contribution in [2.45, 2.75) is 25.5 Å². The second-order valence-electron chi connectivity index (χ2n) is 5.44. The van der Waals surface area contributed by atoms with Crippen LogP contribution in [0.2, 0.25) is 0 Å². The van der Waals surface area contributed by atoms with Crippen LogP contribution in [-0.2, 0) is 9.59 Å². The summed E-state index contributed by atoms with van der Waals surface area (Å²) in [6.07, 6.45) is -0.0490. The molecule has 0 aromatic heterocycles. The van der Waals surface area contributed by atoms with Crippen molar-refractivity contribution in [1.82, 2.24) is 5.32 Å². The first-order chi connectivity index (χ1) is 10.6. The summed E-state index contributed by atoms with van der Waals surface area (Å²) < 4.78 is 5.49. The molecule has 2 unspecified atom stereocenters. The molecule has 6 nitrogen and oxygen atoms in total. The molecule has 0 saturated carbocycles. The van der Waals surface area contributed by atoms with E-state index in [1.54, 1.807) is 25.1 Å². The average molecular weight is 321 g/mol. The van der Waals surface area contributed by atoms with E-state index in [0.29, 0.717) is 23.5 Å². The molecule has 3 N–H and O–H groups in total.